The van der Waals surface area contributed by atoms with Crippen LogP contribution in [0.2, 0.25) is 0 Å². The lowest BCUT2D eigenvalue weighted by molar-refractivity contribution is 0.802. The summed E-state index contributed by atoms with van der Waals surface area (Å²) >= 11 is 0. The maximum absolute atomic E-state index is 5.01. The molecule has 4 nitrogen and oxygen atoms in total. The summed E-state index contributed by atoms with van der Waals surface area (Å²) in [6.45, 7) is 9.64. The molecule has 0 fully saturated rings. The van der Waals surface area contributed by atoms with Crippen LogP contribution in [0, 0.1) is 0 Å². The summed E-state index contributed by atoms with van der Waals surface area (Å²) in [7, 11) is 0. The Kier molecular flexibility index (Phi) is 38.7. The van der Waals surface area contributed by atoms with Gasteiger partial charge in [-0.05, 0) is 6.92 Å². The summed E-state index contributed by atoms with van der Waals surface area (Å²) in [5.41, 5.74) is 7.04. The topological polar surface area (TPSA) is 76.4 Å². The molecule has 0 amide bonds. The zero-order chi connectivity index (χ0) is 8.99. The van der Waals surface area contributed by atoms with Crippen LogP contribution in [0.5, 0.6) is 0 Å². The molecule has 0 radical (unpaired) electrons. The Balaban J connectivity index is -0.000000105. The number of hydrogen-bond donors (Lipinski definition) is 3. The zero-order valence-electron chi connectivity index (χ0n) is 7.60. The van der Waals surface area contributed by atoms with Crippen molar-refractivity contribution in [2.75, 3.05) is 0 Å². The second-order valence-electron chi connectivity index (χ2n) is 0.882. The van der Waals surface area contributed by atoms with Crippen molar-refractivity contribution in [3.63, 3.8) is 0 Å². The van der Waals surface area contributed by atoms with E-state index in [0.717, 1.165) is 0 Å². The van der Waals surface area contributed by atoms with E-state index in [1.807, 2.05) is 33.2 Å². The van der Waals surface area contributed by atoms with Crippen LogP contribution in [0.25, 0.3) is 0 Å². The van der Waals surface area contributed by atoms with Crippen LogP contribution in [0.1, 0.15) is 34.6 Å². The number of nitrogens with zero attached hydrogens (tertiary/aromatic N) is 1. The smallest absolute Gasteiger partial charge is 0.118 e. The molecule has 0 aromatic heterocycles. The molecule has 0 heterocycles. The first-order valence-corrected chi connectivity index (χ1v) is 3.52. The van der Waals surface area contributed by atoms with Crippen molar-refractivity contribution in [3.05, 3.63) is 0 Å². The van der Waals surface area contributed by atoms with Crippen LogP contribution in [0.3, 0.4) is 0 Å². The van der Waals surface area contributed by atoms with Crippen molar-refractivity contribution in [2.24, 2.45) is 16.7 Å². The van der Waals surface area contributed by atoms with E-state index < -0.39 is 0 Å². The van der Waals surface area contributed by atoms with E-state index in [1.54, 1.807) is 6.92 Å². The molecule has 0 saturated heterocycles. The van der Waals surface area contributed by atoms with Gasteiger partial charge in [0.25, 0.3) is 0 Å². The number of rotatable bonds is 1. The van der Waals surface area contributed by atoms with Crippen molar-refractivity contribution in [1.29, 1.82) is 0 Å². The van der Waals surface area contributed by atoms with Crippen molar-refractivity contribution < 1.29 is 0 Å². The predicted molar refractivity (Wildman–Crippen MR) is 47.3 cm³/mol. The molecule has 0 rings (SSSR count). The molecule has 10 heavy (non-hydrogen) atoms. The summed E-state index contributed by atoms with van der Waals surface area (Å²) in [4.78, 5) is 0. The molecule has 0 aliphatic rings. The Hall–Kier alpha value is -0.770. The standard InChI is InChI=1S/C2H8N4.2C2H6/c1-2(3)5-6-4;2*1-2/h6H,4H2,1H3,(H2,3,5);2*1-2H3. The maximum atomic E-state index is 5.01. The fourth-order valence-electron chi connectivity index (χ4n) is 0.102. The number of amidine groups is 1. The van der Waals surface area contributed by atoms with E-state index >= 15 is 0 Å². The van der Waals surface area contributed by atoms with Crippen LogP contribution in [-0.2, 0) is 0 Å². The molecule has 0 spiro atoms. The Labute approximate surface area is 63.6 Å². The van der Waals surface area contributed by atoms with Gasteiger partial charge < -0.3 is 5.73 Å². The van der Waals surface area contributed by atoms with Gasteiger partial charge in [0, 0.05) is 0 Å². The Morgan fingerprint density at radius 1 is 1.20 bits per heavy atom. The molecule has 0 aromatic carbocycles. The highest BCUT2D eigenvalue weighted by Crippen LogP contribution is 1.51. The van der Waals surface area contributed by atoms with E-state index in [0.29, 0.717) is 5.84 Å². The SMILES string of the molecule is C/C(N)=N/NN.CC.CC. The second-order valence-corrected chi connectivity index (χ2v) is 0.882. The number of hydrazone groups is 1. The lowest BCUT2D eigenvalue weighted by Gasteiger charge is -1.85. The molecule has 0 atom stereocenters. The highest BCUT2D eigenvalue weighted by atomic mass is 15.5. The van der Waals surface area contributed by atoms with E-state index in [2.05, 4.69) is 5.10 Å². The monoisotopic (exact) mass is 148 g/mol. The third kappa shape index (κ3) is 56.4. The summed E-state index contributed by atoms with van der Waals surface area (Å²) < 4.78 is 0. The predicted octanol–water partition coefficient (Wildman–Crippen LogP) is 0.794. The minimum absolute atomic E-state index is 0.428. The molecule has 64 valence electrons. The van der Waals surface area contributed by atoms with Gasteiger partial charge in [-0.2, -0.15) is 5.10 Å². The van der Waals surface area contributed by atoms with Gasteiger partial charge in [-0.3, -0.25) is 0 Å². The molecule has 0 unspecified atom stereocenters. The molecule has 0 bridgehead atoms. The number of nitrogens with one attached hydrogen (secondary N) is 1. The first-order chi connectivity index (χ1) is 4.77. The molecular formula is C6H20N4. The summed E-state index contributed by atoms with van der Waals surface area (Å²) in [6.07, 6.45) is 0. The zero-order valence-corrected chi connectivity index (χ0v) is 7.60. The molecule has 4 heteroatoms. The van der Waals surface area contributed by atoms with Gasteiger partial charge in [0.2, 0.25) is 0 Å². The molecule has 0 aromatic rings. The van der Waals surface area contributed by atoms with Crippen LogP contribution in [0.15, 0.2) is 5.10 Å². The van der Waals surface area contributed by atoms with E-state index in [4.69, 9.17) is 11.6 Å². The fraction of sp³-hybridized carbons (Fsp3) is 0.833. The first-order valence-electron chi connectivity index (χ1n) is 3.52. The highest BCUT2D eigenvalue weighted by molar-refractivity contribution is 5.76. The summed E-state index contributed by atoms with van der Waals surface area (Å²) in [5, 5.41) is 3.35. The molecule has 5 N–H and O–H groups in total. The normalized spacial score (nSPS) is 8.00. The number of nitrogens with two attached hydrogens (primary N) is 2. The average Bonchev–Trinajstić information content (AvgIpc) is 1.96. The maximum Gasteiger partial charge on any atom is 0.118 e. The number of hydrogen-bond acceptors (Lipinski definition) is 3. The van der Waals surface area contributed by atoms with Crippen molar-refractivity contribution in [1.82, 2.24) is 5.53 Å². The third-order valence-corrected chi connectivity index (χ3v) is 0.241. The van der Waals surface area contributed by atoms with Crippen molar-refractivity contribution in [2.45, 2.75) is 34.6 Å². The minimum Gasteiger partial charge on any atom is -0.386 e. The van der Waals surface area contributed by atoms with Crippen LogP contribution in [-0.4, -0.2) is 5.84 Å². The van der Waals surface area contributed by atoms with Gasteiger partial charge in [-0.25, -0.2) is 11.4 Å². The van der Waals surface area contributed by atoms with Crippen LogP contribution in [0.4, 0.5) is 0 Å². The molecule has 0 aliphatic heterocycles. The first kappa shape index (κ1) is 16.1. The van der Waals surface area contributed by atoms with Crippen LogP contribution >= 0.6 is 0 Å². The largest absolute Gasteiger partial charge is 0.386 e. The van der Waals surface area contributed by atoms with E-state index in [1.165, 1.54) is 0 Å². The Bertz CT molecular complexity index is 56.8. The van der Waals surface area contributed by atoms with E-state index in [9.17, 15) is 0 Å². The van der Waals surface area contributed by atoms with Gasteiger partial charge in [0.15, 0.2) is 0 Å². The third-order valence-electron chi connectivity index (χ3n) is 0.241. The molecule has 0 aliphatic carbocycles. The minimum atomic E-state index is 0.428. The number of hydrazine groups is 1. The van der Waals surface area contributed by atoms with Gasteiger partial charge >= 0.3 is 0 Å². The second kappa shape index (κ2) is 24.0. The van der Waals surface area contributed by atoms with Gasteiger partial charge in [-0.15, -0.1) is 0 Å². The molecule has 0 saturated carbocycles. The Morgan fingerprint density at radius 3 is 1.50 bits per heavy atom. The summed E-state index contributed by atoms with van der Waals surface area (Å²) in [5.74, 6) is 5.14. The lowest BCUT2D eigenvalue weighted by Crippen LogP contribution is -2.19. The van der Waals surface area contributed by atoms with Gasteiger partial charge in [0.05, 0.1) is 0 Å². The average molecular weight is 148 g/mol. The van der Waals surface area contributed by atoms with Gasteiger partial charge in [-0.1, -0.05) is 27.7 Å². The Morgan fingerprint density at radius 2 is 1.50 bits per heavy atom. The highest BCUT2D eigenvalue weighted by Gasteiger charge is 1.67. The van der Waals surface area contributed by atoms with Crippen molar-refractivity contribution >= 4 is 5.84 Å². The van der Waals surface area contributed by atoms with Gasteiger partial charge in [0.1, 0.15) is 5.84 Å². The lowest BCUT2D eigenvalue weighted by atomic mass is 10.7. The fourth-order valence-corrected chi connectivity index (χ4v) is 0.102. The molecular weight excluding hydrogens is 128 g/mol. The van der Waals surface area contributed by atoms with E-state index in [-0.39, 0.29) is 0 Å². The quantitative estimate of drug-likeness (QED) is 0.223. The van der Waals surface area contributed by atoms with Crippen LogP contribution < -0.4 is 17.1 Å². The van der Waals surface area contributed by atoms with Crippen molar-refractivity contribution in [3.8, 4) is 0 Å². The summed E-state index contributed by atoms with van der Waals surface area (Å²) in [6, 6.07) is 0.